The van der Waals surface area contributed by atoms with E-state index in [0.717, 1.165) is 113 Å². The van der Waals surface area contributed by atoms with Crippen LogP contribution in [0.5, 0.6) is 47.0 Å². The lowest BCUT2D eigenvalue weighted by atomic mass is 9.66. The monoisotopic (exact) mass is 1710 g/mol. The average molecular weight is 1710 g/mol. The molecule has 3 saturated carbocycles. The first-order valence-corrected chi connectivity index (χ1v) is 42.1. The van der Waals surface area contributed by atoms with Gasteiger partial charge in [0.15, 0.2) is 23.0 Å². The summed E-state index contributed by atoms with van der Waals surface area (Å²) in [6, 6.07) is 6.19. The van der Waals surface area contributed by atoms with Gasteiger partial charge in [-0.25, -0.2) is 57.4 Å². The molecular formula is C88H88F4N28O6. The zero-order valence-electron chi connectivity index (χ0n) is 69.6. The molecule has 644 valence electrons. The fraction of sp³-hybridized carbons (Fsp3) is 0.364. The SMILES string of the molecule is CNc1cc(F)c2c3c1[nH]c1nc(Oc4cnc(C)nc4)nc(c13)[C@H]1CNC[C@@H]1C2.CNc1cc(F)c2c3c1[nH]c1nc(Oc4cnc(C)nc4)nc(c13)[C@H]1C[C@@H](N)[C@@H]1C2.CNc1cc(F)c2c3c1[nH]c1nc(Oc4cnc(C)nc4)nc(c13)[C@H]1C[C@@H](O)[C@@H](N)C[C@@H]1C2.CNc1cc(F)c2c3c1[nH]c1nc(Oc4cnc(C)nc4)nc(c13)[C@H]1C[C@H](O)[C@@H](N)C[C@@H]1C2. The van der Waals surface area contributed by atoms with Gasteiger partial charge < -0.3 is 92.9 Å². The lowest BCUT2D eigenvalue weighted by Crippen LogP contribution is -2.47. The van der Waals surface area contributed by atoms with Crippen LogP contribution in [-0.2, 0) is 25.7 Å². The van der Waals surface area contributed by atoms with Crippen molar-refractivity contribution in [3.8, 4) is 47.0 Å². The molecule has 34 nitrogen and oxygen atoms in total. The van der Waals surface area contributed by atoms with Gasteiger partial charge >= 0.3 is 24.0 Å². The van der Waals surface area contributed by atoms with Gasteiger partial charge in [-0.2, -0.15) is 39.9 Å². The Balaban J connectivity index is 0.000000103. The summed E-state index contributed by atoms with van der Waals surface area (Å²) < 4.78 is 84.3. The Labute approximate surface area is 714 Å². The lowest BCUT2D eigenvalue weighted by Gasteiger charge is -2.42. The number of anilines is 4. The molecule has 1 aliphatic heterocycles. The number of aliphatic hydroxyl groups is 2. The number of rotatable bonds is 12. The third kappa shape index (κ3) is 13.6. The number of nitrogens with zero attached hydrogens (tertiary/aromatic N) is 16. The molecule has 7 aliphatic carbocycles. The first-order valence-electron chi connectivity index (χ1n) is 42.1. The Bertz CT molecular complexity index is 6830. The van der Waals surface area contributed by atoms with Crippen LogP contribution in [0.1, 0.15) is 124 Å². The molecule has 126 heavy (non-hydrogen) atoms. The molecule has 24 rings (SSSR count). The van der Waals surface area contributed by atoms with Crippen LogP contribution in [0.25, 0.3) is 87.7 Å². The van der Waals surface area contributed by atoms with E-state index in [1.54, 1.807) is 105 Å². The molecule has 4 fully saturated rings. The van der Waals surface area contributed by atoms with Crippen LogP contribution in [0.2, 0.25) is 0 Å². The summed E-state index contributed by atoms with van der Waals surface area (Å²) in [6.07, 6.45) is 16.5. The zero-order valence-corrected chi connectivity index (χ0v) is 69.6. The number of H-pyrrole nitrogens is 4. The van der Waals surface area contributed by atoms with E-state index >= 15 is 17.6 Å². The van der Waals surface area contributed by atoms with E-state index < -0.39 is 12.2 Å². The van der Waals surface area contributed by atoms with Crippen molar-refractivity contribution in [2.24, 2.45) is 40.9 Å². The van der Waals surface area contributed by atoms with E-state index in [2.05, 4.69) is 106 Å². The second kappa shape index (κ2) is 31.1. The van der Waals surface area contributed by atoms with Gasteiger partial charge in [0.1, 0.15) is 69.2 Å². The lowest BCUT2D eigenvalue weighted by molar-refractivity contribution is 0.0719. The molecule has 1 saturated heterocycles. The first-order chi connectivity index (χ1) is 61.0. The fourth-order valence-electron chi connectivity index (χ4n) is 20.4. The van der Waals surface area contributed by atoms with Gasteiger partial charge in [0.25, 0.3) is 0 Å². The molecule has 38 heteroatoms. The third-order valence-corrected chi connectivity index (χ3v) is 26.5. The minimum atomic E-state index is -0.653. The van der Waals surface area contributed by atoms with Crippen LogP contribution in [-0.4, -0.2) is 182 Å². The average Bonchev–Trinajstić information content (AvgIpc) is 1.54. The maximum atomic E-state index is 15.3. The highest BCUT2D eigenvalue weighted by molar-refractivity contribution is 6.17. The summed E-state index contributed by atoms with van der Waals surface area (Å²) in [6.45, 7) is 8.83. The van der Waals surface area contributed by atoms with E-state index in [4.69, 9.17) is 56.1 Å². The molecule has 17 N–H and O–H groups in total. The van der Waals surface area contributed by atoms with E-state index in [1.165, 1.54) is 18.2 Å². The molecule has 0 radical (unpaired) electrons. The maximum absolute atomic E-state index is 15.3. The van der Waals surface area contributed by atoms with Crippen molar-refractivity contribution >= 4 is 110 Å². The van der Waals surface area contributed by atoms with Gasteiger partial charge in [-0.3, -0.25) is 0 Å². The molecule has 13 heterocycles. The molecule has 13 atom stereocenters. The predicted octanol–water partition coefficient (Wildman–Crippen LogP) is 12.1. The van der Waals surface area contributed by atoms with E-state index in [0.29, 0.717) is 160 Å². The highest BCUT2D eigenvalue weighted by Gasteiger charge is 2.47. The summed E-state index contributed by atoms with van der Waals surface area (Å²) in [5.74, 6) is 3.99. The Morgan fingerprint density at radius 1 is 0.341 bits per heavy atom. The Hall–Kier alpha value is -13.4. The van der Waals surface area contributed by atoms with Gasteiger partial charge in [-0.15, -0.1) is 0 Å². The summed E-state index contributed by atoms with van der Waals surface area (Å²) in [4.78, 5) is 84.2. The van der Waals surface area contributed by atoms with Crippen LogP contribution >= 0.6 is 0 Å². The largest absolute Gasteiger partial charge is 0.421 e. The third-order valence-electron chi connectivity index (χ3n) is 26.5. The van der Waals surface area contributed by atoms with Crippen molar-refractivity contribution in [2.45, 2.75) is 139 Å². The highest BCUT2D eigenvalue weighted by Crippen LogP contribution is 2.55. The Kier molecular flexibility index (Phi) is 19.7. The van der Waals surface area contributed by atoms with Gasteiger partial charge in [-0.1, -0.05) is 0 Å². The van der Waals surface area contributed by atoms with Gasteiger partial charge in [0.2, 0.25) is 0 Å². The number of aromatic amines is 4. The topological polar surface area (TPSA) is 485 Å². The minimum absolute atomic E-state index is 0.0290. The number of nitrogens with one attached hydrogen (secondary N) is 9. The molecule has 0 bridgehead atoms. The normalized spacial score (nSPS) is 22.7. The summed E-state index contributed by atoms with van der Waals surface area (Å²) in [5, 5.41) is 43.5. The van der Waals surface area contributed by atoms with Crippen molar-refractivity contribution in [2.75, 3.05) is 62.5 Å². The quantitative estimate of drug-likeness (QED) is 0.0505. The van der Waals surface area contributed by atoms with Crippen LogP contribution in [0, 0.1) is 74.6 Å². The van der Waals surface area contributed by atoms with Gasteiger partial charge in [-0.05, 0) is 162 Å². The number of fused-ring (bicyclic) bond motifs is 8. The van der Waals surface area contributed by atoms with Gasteiger partial charge in [0.05, 0.1) is 129 Å². The van der Waals surface area contributed by atoms with E-state index in [1.807, 2.05) is 6.92 Å². The number of halogens is 4. The number of aliphatic hydroxyl groups excluding tert-OH is 2. The minimum Gasteiger partial charge on any atom is -0.421 e. The molecule has 8 aliphatic rings. The Morgan fingerprint density at radius 3 is 0.929 bits per heavy atom. The predicted molar refractivity (Wildman–Crippen MR) is 463 cm³/mol. The van der Waals surface area contributed by atoms with E-state index in [9.17, 15) is 10.2 Å². The number of hydrogen-bond acceptors (Lipinski definition) is 30. The second-order valence-corrected chi connectivity index (χ2v) is 33.9. The van der Waals surface area contributed by atoms with Crippen molar-refractivity contribution < 1.29 is 46.7 Å². The van der Waals surface area contributed by atoms with Gasteiger partial charge in [0, 0.05) is 120 Å². The maximum Gasteiger partial charge on any atom is 0.324 e. The van der Waals surface area contributed by atoms with Crippen LogP contribution < -0.4 is 62.7 Å². The molecule has 0 unspecified atom stereocenters. The summed E-state index contributed by atoms with van der Waals surface area (Å²) in [5.41, 5.74) is 33.0. The first kappa shape index (κ1) is 79.8. The zero-order chi connectivity index (χ0) is 86.7. The van der Waals surface area contributed by atoms with Crippen LogP contribution in [0.15, 0.2) is 73.8 Å². The molecule has 0 amide bonds. The molecule has 12 aromatic heterocycles. The molecule has 4 aromatic carbocycles. The van der Waals surface area contributed by atoms with Crippen molar-refractivity contribution in [1.29, 1.82) is 0 Å². The Morgan fingerprint density at radius 2 is 0.627 bits per heavy atom. The standard InChI is InChI=1S/2C23H24FN7O2.2C21H20FN7O/c2*1-9-27-7-11(8-28-9)33-23-30-20-12-5-17(32)15(25)4-10(12)3-13-14(24)6-16(26-2)21-18(13)19(20)22(29-21)31-23;1-9-25-6-11(7-26-9)30-21-28-18-13-8-24-5-10(13)3-12-14(22)4-15(23-2)19-16(12)17(18)20(27-19)29-21;1-8-25-6-9(7-26-8)30-21-28-18-11-4-14(23)10(11)3-12-13(22)5-15(24-2)19-16(12)17(18)20(27-19)29-21/h2*6-8,10,12,15,17,26,32H,3-5,25H2,1-2H3,(H,29,30,31);4,6-7,10,13,23-24H,3,5,8H2,1-2H3,(H,27,28,29);5-7,10-11,14,24H,3-4,23H2,1-2H3,(H,27,28,29)/t10-,12-,15-,17+;10-,12-,15-,17-;10-,13-;10-,11+,14-/m0001/s1. The van der Waals surface area contributed by atoms with Crippen LogP contribution in [0.4, 0.5) is 40.3 Å². The number of nitrogens with two attached hydrogens (primary N) is 3. The smallest absolute Gasteiger partial charge is 0.324 e. The molecule has 16 aromatic rings. The van der Waals surface area contributed by atoms with E-state index in [-0.39, 0.29) is 113 Å². The highest BCUT2D eigenvalue weighted by atomic mass is 19.1. The van der Waals surface area contributed by atoms with Crippen molar-refractivity contribution in [3.63, 3.8) is 0 Å². The summed E-state index contributed by atoms with van der Waals surface area (Å²) in [7, 11) is 7.08. The molecular weight excluding hydrogens is 1620 g/mol. The van der Waals surface area contributed by atoms with Crippen molar-refractivity contribution in [1.82, 2.24) is 105 Å². The summed E-state index contributed by atoms with van der Waals surface area (Å²) >= 11 is 0. The van der Waals surface area contributed by atoms with Crippen molar-refractivity contribution in [3.05, 3.63) is 165 Å². The van der Waals surface area contributed by atoms with Crippen LogP contribution in [0.3, 0.4) is 0 Å². The number of benzene rings is 4. The molecule has 0 spiro atoms. The second-order valence-electron chi connectivity index (χ2n) is 33.9. The number of aryl methyl sites for hydroxylation is 4. The number of hydrogen-bond donors (Lipinski definition) is 14. The number of ether oxygens (including phenoxy) is 4. The fourth-order valence-corrected chi connectivity index (χ4v) is 20.4. The number of aromatic nitrogens is 20.